The minimum Gasteiger partial charge on any atom is -0.166 e. The molecule has 5 heteroatoms. The summed E-state index contributed by atoms with van der Waals surface area (Å²) in [6, 6.07) is 15.5. The average Bonchev–Trinajstić information content (AvgIpc) is 2.48. The van der Waals surface area contributed by atoms with Crippen molar-refractivity contribution in [2.75, 3.05) is 11.1 Å². The summed E-state index contributed by atoms with van der Waals surface area (Å²) >= 11 is 4.93. The third-order valence-electron chi connectivity index (χ3n) is 3.07. The van der Waals surface area contributed by atoms with E-state index in [9.17, 15) is 13.2 Å². The van der Waals surface area contributed by atoms with Gasteiger partial charge in [0, 0.05) is 21.9 Å². The van der Waals surface area contributed by atoms with Gasteiger partial charge in [0.2, 0.25) is 0 Å². The van der Waals surface area contributed by atoms with E-state index in [-0.39, 0.29) is 5.92 Å². The molecule has 0 saturated heterocycles. The maximum absolute atomic E-state index is 12.7. The third-order valence-corrected chi connectivity index (χ3v) is 5.01. The van der Waals surface area contributed by atoms with Crippen LogP contribution in [-0.2, 0) is 6.18 Å². The molecule has 0 saturated carbocycles. The lowest BCUT2D eigenvalue weighted by atomic mass is 10.0. The molecule has 0 fully saturated rings. The first-order chi connectivity index (χ1) is 10.0. The summed E-state index contributed by atoms with van der Waals surface area (Å²) in [6.45, 7) is 0. The fraction of sp³-hybridized carbons (Fsp3) is 0.250. The molecule has 0 aromatic heterocycles. The largest absolute Gasteiger partial charge is 0.416 e. The Bertz CT molecular complexity index is 569. The molecule has 0 amide bonds. The SMILES string of the molecule is FC(F)(F)c1cccc(SCC(CBr)c2ccccc2)c1. The quantitative estimate of drug-likeness (QED) is 0.458. The van der Waals surface area contributed by atoms with Gasteiger partial charge in [0.1, 0.15) is 0 Å². The number of alkyl halides is 4. The van der Waals surface area contributed by atoms with Gasteiger partial charge in [-0.05, 0) is 23.8 Å². The van der Waals surface area contributed by atoms with Crippen LogP contribution < -0.4 is 0 Å². The number of rotatable bonds is 5. The highest BCUT2D eigenvalue weighted by atomic mass is 79.9. The van der Waals surface area contributed by atoms with E-state index >= 15 is 0 Å². The van der Waals surface area contributed by atoms with Gasteiger partial charge in [0.15, 0.2) is 0 Å². The van der Waals surface area contributed by atoms with Gasteiger partial charge >= 0.3 is 6.18 Å². The molecule has 0 bridgehead atoms. The van der Waals surface area contributed by atoms with Gasteiger partial charge in [-0.15, -0.1) is 11.8 Å². The van der Waals surface area contributed by atoms with Crippen molar-refractivity contribution in [3.05, 3.63) is 65.7 Å². The van der Waals surface area contributed by atoms with Crippen LogP contribution in [0.5, 0.6) is 0 Å². The zero-order valence-corrected chi connectivity index (χ0v) is 13.5. The van der Waals surface area contributed by atoms with Gasteiger partial charge in [0.05, 0.1) is 5.56 Å². The standard InChI is InChI=1S/C16H14BrF3S/c17-10-13(12-5-2-1-3-6-12)11-21-15-8-4-7-14(9-15)16(18,19)20/h1-9,13H,10-11H2. The Labute approximate surface area is 134 Å². The average molecular weight is 375 g/mol. The highest BCUT2D eigenvalue weighted by molar-refractivity contribution is 9.09. The number of thioether (sulfide) groups is 1. The summed E-state index contributed by atoms with van der Waals surface area (Å²) in [7, 11) is 0. The van der Waals surface area contributed by atoms with Crippen LogP contribution >= 0.6 is 27.7 Å². The topological polar surface area (TPSA) is 0 Å². The molecule has 2 rings (SSSR count). The van der Waals surface area contributed by atoms with E-state index in [2.05, 4.69) is 15.9 Å². The second kappa shape index (κ2) is 7.36. The summed E-state index contributed by atoms with van der Waals surface area (Å²) in [6.07, 6.45) is -4.29. The van der Waals surface area contributed by atoms with Crippen LogP contribution in [-0.4, -0.2) is 11.1 Å². The Morgan fingerprint density at radius 3 is 2.33 bits per heavy atom. The second-order valence-electron chi connectivity index (χ2n) is 4.60. The van der Waals surface area contributed by atoms with Crippen molar-refractivity contribution in [1.82, 2.24) is 0 Å². The Balaban J connectivity index is 2.05. The van der Waals surface area contributed by atoms with E-state index in [0.717, 1.165) is 17.1 Å². The Kier molecular flexibility index (Phi) is 5.76. The van der Waals surface area contributed by atoms with Crippen LogP contribution in [0.15, 0.2) is 59.5 Å². The van der Waals surface area contributed by atoms with Crippen LogP contribution in [0, 0.1) is 0 Å². The van der Waals surface area contributed by atoms with E-state index in [0.29, 0.717) is 4.90 Å². The zero-order valence-electron chi connectivity index (χ0n) is 11.1. The number of halogens is 4. The highest BCUT2D eigenvalue weighted by Gasteiger charge is 2.30. The maximum atomic E-state index is 12.7. The first-order valence-corrected chi connectivity index (χ1v) is 8.52. The van der Waals surface area contributed by atoms with Crippen LogP contribution in [0.3, 0.4) is 0 Å². The summed E-state index contributed by atoms with van der Waals surface area (Å²) in [5, 5.41) is 0.781. The van der Waals surface area contributed by atoms with Gasteiger partial charge in [-0.1, -0.05) is 52.3 Å². The Morgan fingerprint density at radius 1 is 1.00 bits per heavy atom. The molecule has 0 aliphatic rings. The van der Waals surface area contributed by atoms with Crippen molar-refractivity contribution in [3.8, 4) is 0 Å². The van der Waals surface area contributed by atoms with Gasteiger partial charge in [-0.2, -0.15) is 13.2 Å². The Morgan fingerprint density at radius 2 is 1.71 bits per heavy atom. The zero-order chi connectivity index (χ0) is 15.3. The third kappa shape index (κ3) is 4.78. The fourth-order valence-corrected chi connectivity index (χ4v) is 3.91. The van der Waals surface area contributed by atoms with E-state index in [1.807, 2.05) is 30.3 Å². The minimum atomic E-state index is -4.29. The fourth-order valence-electron chi connectivity index (χ4n) is 1.91. The normalized spacial score (nSPS) is 13.1. The lowest BCUT2D eigenvalue weighted by Gasteiger charge is -2.14. The van der Waals surface area contributed by atoms with Gasteiger partial charge in [-0.25, -0.2) is 0 Å². The molecule has 0 nitrogen and oxygen atoms in total. The number of benzene rings is 2. The number of hydrogen-bond acceptors (Lipinski definition) is 1. The van der Waals surface area contributed by atoms with Crippen LogP contribution in [0.25, 0.3) is 0 Å². The molecule has 0 spiro atoms. The summed E-state index contributed by atoms with van der Waals surface area (Å²) in [5.74, 6) is 1.00. The van der Waals surface area contributed by atoms with Crippen molar-refractivity contribution in [3.63, 3.8) is 0 Å². The van der Waals surface area contributed by atoms with Gasteiger partial charge in [-0.3, -0.25) is 0 Å². The molecule has 0 aliphatic carbocycles. The number of hydrogen-bond donors (Lipinski definition) is 0. The summed E-state index contributed by atoms with van der Waals surface area (Å²) in [4.78, 5) is 0.645. The molecule has 21 heavy (non-hydrogen) atoms. The predicted octanol–water partition coefficient (Wildman–Crippen LogP) is 5.98. The van der Waals surface area contributed by atoms with Crippen molar-refractivity contribution in [2.24, 2.45) is 0 Å². The lowest BCUT2D eigenvalue weighted by molar-refractivity contribution is -0.137. The monoisotopic (exact) mass is 374 g/mol. The summed E-state index contributed by atoms with van der Waals surface area (Å²) in [5.41, 5.74) is 0.594. The highest BCUT2D eigenvalue weighted by Crippen LogP contribution is 2.33. The molecule has 1 unspecified atom stereocenters. The smallest absolute Gasteiger partial charge is 0.166 e. The van der Waals surface area contributed by atoms with Crippen molar-refractivity contribution in [1.29, 1.82) is 0 Å². The molecule has 112 valence electrons. The van der Waals surface area contributed by atoms with Crippen LogP contribution in [0.4, 0.5) is 13.2 Å². The van der Waals surface area contributed by atoms with Gasteiger partial charge in [0.25, 0.3) is 0 Å². The van der Waals surface area contributed by atoms with Crippen molar-refractivity contribution < 1.29 is 13.2 Å². The molecule has 2 aromatic rings. The minimum absolute atomic E-state index is 0.269. The summed E-state index contributed by atoms with van der Waals surface area (Å²) < 4.78 is 38.0. The molecule has 0 heterocycles. The van der Waals surface area contributed by atoms with Gasteiger partial charge < -0.3 is 0 Å². The van der Waals surface area contributed by atoms with Crippen molar-refractivity contribution in [2.45, 2.75) is 17.0 Å². The van der Waals surface area contributed by atoms with Crippen molar-refractivity contribution >= 4 is 27.7 Å². The Hall–Kier alpha value is -0.940. The molecule has 0 aliphatic heterocycles. The predicted molar refractivity (Wildman–Crippen MR) is 85.1 cm³/mol. The molecule has 2 aromatic carbocycles. The van der Waals surface area contributed by atoms with Crippen LogP contribution in [0.2, 0.25) is 0 Å². The van der Waals surface area contributed by atoms with Crippen LogP contribution in [0.1, 0.15) is 17.0 Å². The van der Waals surface area contributed by atoms with E-state index in [4.69, 9.17) is 0 Å². The molecule has 0 N–H and O–H groups in total. The first-order valence-electron chi connectivity index (χ1n) is 6.41. The lowest BCUT2D eigenvalue weighted by Crippen LogP contribution is -2.05. The molecular weight excluding hydrogens is 361 g/mol. The molecular formula is C16H14BrF3S. The first kappa shape index (κ1) is 16.4. The maximum Gasteiger partial charge on any atom is 0.416 e. The second-order valence-corrected chi connectivity index (χ2v) is 6.34. The van der Waals surface area contributed by atoms with E-state index in [1.165, 1.54) is 29.5 Å². The molecule has 1 atom stereocenters. The molecule has 0 radical (unpaired) electrons. The van der Waals surface area contributed by atoms with E-state index in [1.54, 1.807) is 6.07 Å². The van der Waals surface area contributed by atoms with E-state index < -0.39 is 11.7 Å².